The number of nitrogens with one attached hydrogen (secondary N) is 3. The number of carbonyl (C=O) groups is 2. The number of thiocarbonyl (C=S) groups is 1. The van der Waals surface area contributed by atoms with Gasteiger partial charge in [-0.05, 0) is 69.8 Å². The maximum Gasteiger partial charge on any atom is 0.273 e. The lowest BCUT2D eigenvalue weighted by Crippen LogP contribution is -2.48. The van der Waals surface area contributed by atoms with Crippen LogP contribution in [0.5, 0.6) is 5.75 Å². The van der Waals surface area contributed by atoms with Crippen LogP contribution in [-0.4, -0.2) is 22.0 Å². The molecule has 2 amide bonds. The van der Waals surface area contributed by atoms with E-state index in [-0.39, 0.29) is 22.3 Å². The average molecular weight is 491 g/mol. The Balaban J connectivity index is 1.64. The summed E-state index contributed by atoms with van der Waals surface area (Å²) in [6.45, 7) is 0. The Bertz CT molecular complexity index is 1060. The molecule has 0 atom stereocenters. The molecule has 0 fully saturated rings. The predicted molar refractivity (Wildman–Crippen MR) is 115 cm³/mol. The molecule has 3 aromatic rings. The Hall–Kier alpha value is -2.72. The molecule has 0 unspecified atom stereocenters. The third kappa shape index (κ3) is 4.52. The van der Waals surface area contributed by atoms with Gasteiger partial charge in [-0.25, -0.2) is 0 Å². The van der Waals surface area contributed by atoms with E-state index in [9.17, 15) is 14.7 Å². The lowest BCUT2D eigenvalue weighted by atomic mass is 10.1. The van der Waals surface area contributed by atoms with Crippen LogP contribution in [0.25, 0.3) is 10.8 Å². The number of halogens is 1. The third-order valence-corrected chi connectivity index (χ3v) is 4.89. The van der Waals surface area contributed by atoms with Crippen LogP contribution in [0.15, 0.2) is 60.7 Å². The van der Waals surface area contributed by atoms with Crippen LogP contribution < -0.4 is 16.2 Å². The lowest BCUT2D eigenvalue weighted by molar-refractivity contribution is 0.0932. The highest BCUT2D eigenvalue weighted by molar-refractivity contribution is 14.1. The quantitative estimate of drug-likeness (QED) is 0.252. The van der Waals surface area contributed by atoms with E-state index in [2.05, 4.69) is 38.8 Å². The highest BCUT2D eigenvalue weighted by Gasteiger charge is 2.14. The Kier molecular flexibility index (Phi) is 5.87. The minimum atomic E-state index is -0.579. The highest BCUT2D eigenvalue weighted by Crippen LogP contribution is 2.24. The number of hydrogen-bond acceptors (Lipinski definition) is 4. The molecule has 0 saturated carbocycles. The van der Waals surface area contributed by atoms with Gasteiger partial charge in [0.1, 0.15) is 5.75 Å². The van der Waals surface area contributed by atoms with Gasteiger partial charge in [-0.1, -0.05) is 36.4 Å². The summed E-state index contributed by atoms with van der Waals surface area (Å²) in [6.07, 6.45) is 0. The molecule has 0 heterocycles. The van der Waals surface area contributed by atoms with E-state index in [4.69, 9.17) is 12.2 Å². The van der Waals surface area contributed by atoms with Gasteiger partial charge < -0.3 is 5.11 Å². The second-order valence-electron chi connectivity index (χ2n) is 5.56. The Labute approximate surface area is 174 Å². The molecule has 0 saturated heterocycles. The minimum absolute atomic E-state index is 0.0618. The van der Waals surface area contributed by atoms with Crippen molar-refractivity contribution in [3.63, 3.8) is 0 Å². The predicted octanol–water partition coefficient (Wildman–Crippen LogP) is 3.10. The molecule has 8 heteroatoms. The van der Waals surface area contributed by atoms with Gasteiger partial charge in [0.15, 0.2) is 5.11 Å². The fourth-order valence-electron chi connectivity index (χ4n) is 2.44. The van der Waals surface area contributed by atoms with E-state index in [0.29, 0.717) is 5.56 Å². The smallest absolute Gasteiger partial charge is 0.273 e. The van der Waals surface area contributed by atoms with Gasteiger partial charge in [0.05, 0.1) is 11.1 Å². The number of benzene rings is 3. The highest BCUT2D eigenvalue weighted by atomic mass is 127. The Morgan fingerprint density at radius 1 is 0.852 bits per heavy atom. The summed E-state index contributed by atoms with van der Waals surface area (Å²) in [5.74, 6) is -1.12. The summed E-state index contributed by atoms with van der Waals surface area (Å²) in [4.78, 5) is 24.5. The van der Waals surface area contributed by atoms with E-state index < -0.39 is 5.91 Å². The maximum absolute atomic E-state index is 12.3. The molecule has 27 heavy (non-hydrogen) atoms. The van der Waals surface area contributed by atoms with Crippen LogP contribution in [0.4, 0.5) is 0 Å². The number of rotatable bonds is 2. The largest absolute Gasteiger partial charge is 0.507 e. The van der Waals surface area contributed by atoms with Crippen molar-refractivity contribution in [3.8, 4) is 5.75 Å². The molecule has 136 valence electrons. The molecule has 0 aliphatic heterocycles. The molecule has 0 spiro atoms. The maximum atomic E-state index is 12.3. The van der Waals surface area contributed by atoms with Gasteiger partial charge >= 0.3 is 0 Å². The molecule has 0 aromatic heterocycles. The minimum Gasteiger partial charge on any atom is -0.507 e. The van der Waals surface area contributed by atoms with Crippen molar-refractivity contribution in [1.29, 1.82) is 0 Å². The monoisotopic (exact) mass is 491 g/mol. The van der Waals surface area contributed by atoms with Crippen LogP contribution in [0.3, 0.4) is 0 Å². The van der Waals surface area contributed by atoms with Crippen molar-refractivity contribution in [3.05, 3.63) is 75.4 Å². The van der Waals surface area contributed by atoms with Crippen molar-refractivity contribution in [2.75, 3.05) is 0 Å². The van der Waals surface area contributed by atoms with Crippen LogP contribution >= 0.6 is 34.8 Å². The summed E-state index contributed by atoms with van der Waals surface area (Å²) in [5, 5.41) is 14.1. The van der Waals surface area contributed by atoms with Crippen LogP contribution in [0, 0.1) is 3.57 Å². The van der Waals surface area contributed by atoms with Gasteiger partial charge in [-0.15, -0.1) is 0 Å². The van der Waals surface area contributed by atoms with Crippen molar-refractivity contribution in [2.24, 2.45) is 0 Å². The summed E-state index contributed by atoms with van der Waals surface area (Å²) in [6, 6.07) is 17.5. The third-order valence-electron chi connectivity index (χ3n) is 3.74. The van der Waals surface area contributed by atoms with Crippen molar-refractivity contribution in [2.45, 2.75) is 0 Å². The van der Waals surface area contributed by atoms with Crippen LogP contribution in [-0.2, 0) is 0 Å². The molecule has 4 N–H and O–H groups in total. The fourth-order valence-corrected chi connectivity index (χ4v) is 3.21. The molecular formula is C19H14IN3O3S. The molecule has 0 aliphatic carbocycles. The standard InChI is InChI=1S/C19H14IN3O3S/c20-15-8-4-3-7-13(15)17(25)21-19(27)23-22-18(26)14-9-11-5-1-2-6-12(11)10-16(14)24/h1-10,24H,(H,22,26)(H2,21,23,25,27). The van der Waals surface area contributed by atoms with E-state index in [0.717, 1.165) is 14.3 Å². The number of hydrogen-bond donors (Lipinski definition) is 4. The number of phenols is 1. The van der Waals surface area contributed by atoms with Gasteiger partial charge in [0, 0.05) is 3.57 Å². The van der Waals surface area contributed by atoms with Crippen LogP contribution in [0.1, 0.15) is 20.7 Å². The first-order valence-electron chi connectivity index (χ1n) is 7.83. The zero-order chi connectivity index (χ0) is 19.4. The molecule has 0 bridgehead atoms. The molecule has 0 radical (unpaired) electrons. The first-order chi connectivity index (χ1) is 13.0. The Morgan fingerprint density at radius 3 is 2.19 bits per heavy atom. The van der Waals surface area contributed by atoms with E-state index in [1.165, 1.54) is 6.07 Å². The first kappa shape index (κ1) is 19.1. The van der Waals surface area contributed by atoms with E-state index >= 15 is 0 Å². The van der Waals surface area contributed by atoms with Gasteiger partial charge in [0.25, 0.3) is 11.8 Å². The second kappa shape index (κ2) is 8.31. The summed E-state index contributed by atoms with van der Waals surface area (Å²) < 4.78 is 0.778. The molecular weight excluding hydrogens is 477 g/mol. The van der Waals surface area contributed by atoms with Crippen LogP contribution in [0.2, 0.25) is 0 Å². The number of phenolic OH excluding ortho intramolecular Hbond substituents is 1. The molecule has 0 aliphatic rings. The zero-order valence-electron chi connectivity index (χ0n) is 13.8. The number of amides is 2. The number of carbonyl (C=O) groups excluding carboxylic acids is 2. The van der Waals surface area contributed by atoms with Gasteiger partial charge in [0.2, 0.25) is 0 Å². The number of hydrazine groups is 1. The number of fused-ring (bicyclic) bond motifs is 1. The topological polar surface area (TPSA) is 90.5 Å². The van der Waals surface area contributed by atoms with Crippen molar-refractivity contribution < 1.29 is 14.7 Å². The molecule has 3 aromatic carbocycles. The summed E-state index contributed by atoms with van der Waals surface area (Å²) >= 11 is 7.08. The first-order valence-corrected chi connectivity index (χ1v) is 9.32. The lowest BCUT2D eigenvalue weighted by Gasteiger charge is -2.12. The average Bonchev–Trinajstić information content (AvgIpc) is 2.65. The van der Waals surface area contributed by atoms with E-state index in [1.54, 1.807) is 24.3 Å². The molecule has 3 rings (SSSR count). The normalized spacial score (nSPS) is 10.3. The second-order valence-corrected chi connectivity index (χ2v) is 7.13. The van der Waals surface area contributed by atoms with E-state index in [1.807, 2.05) is 30.3 Å². The number of aromatic hydroxyl groups is 1. The summed E-state index contributed by atoms with van der Waals surface area (Å²) in [7, 11) is 0. The van der Waals surface area contributed by atoms with Gasteiger partial charge in [-0.3, -0.25) is 25.8 Å². The van der Waals surface area contributed by atoms with Crippen molar-refractivity contribution in [1.82, 2.24) is 16.2 Å². The zero-order valence-corrected chi connectivity index (χ0v) is 16.8. The van der Waals surface area contributed by atoms with Crippen molar-refractivity contribution >= 4 is 62.5 Å². The Morgan fingerprint density at radius 2 is 1.48 bits per heavy atom. The summed E-state index contributed by atoms with van der Waals surface area (Å²) in [5.41, 5.74) is 5.40. The fraction of sp³-hybridized carbons (Fsp3) is 0. The van der Waals surface area contributed by atoms with Gasteiger partial charge in [-0.2, -0.15) is 0 Å². The molecule has 6 nitrogen and oxygen atoms in total. The SMILES string of the molecule is O=C(NNC(=S)NC(=O)c1ccccc1I)c1cc2ccccc2cc1O.